The molecule has 0 saturated carbocycles. The minimum Gasteiger partial charge on any atom is -0.520 e. The maximum absolute atomic E-state index is 11.5. The Labute approximate surface area is 118 Å². The van der Waals surface area contributed by atoms with Gasteiger partial charge in [0.1, 0.15) is 12.4 Å². The SMILES string of the molecule is O=[C-]NC1(COC(=O)Oc2ccc([N+](=O)[O-])cc2)COC1.[Fm]. The molecule has 0 aliphatic carbocycles. The van der Waals surface area contributed by atoms with E-state index in [0.717, 1.165) is 0 Å². The van der Waals surface area contributed by atoms with E-state index in [1.165, 1.54) is 30.7 Å². The number of rotatable bonds is 6. The summed E-state index contributed by atoms with van der Waals surface area (Å²) >= 11 is 0. The van der Waals surface area contributed by atoms with E-state index in [-0.39, 0.29) is 31.3 Å². The predicted octanol–water partition coefficient (Wildman–Crippen LogP) is 0.536. The Balaban J connectivity index is 0.00000242. The number of hydrogen-bond acceptors (Lipinski definition) is 7. The molecule has 1 fully saturated rings. The zero-order valence-corrected chi connectivity index (χ0v) is 13.4. The molecule has 10 heteroatoms. The molecule has 1 aromatic carbocycles. The normalized spacial score (nSPS) is 14.7. The number of benzene rings is 1. The molecule has 0 atom stereocenters. The van der Waals surface area contributed by atoms with Gasteiger partial charge in [0.05, 0.1) is 23.7 Å². The van der Waals surface area contributed by atoms with Crippen LogP contribution in [0.2, 0.25) is 0 Å². The monoisotopic (exact) mass is 552 g/mol. The fourth-order valence-electron chi connectivity index (χ4n) is 1.61. The number of non-ortho nitro benzene ring substituents is 1. The summed E-state index contributed by atoms with van der Waals surface area (Å²) in [5, 5.41) is 12.9. The molecule has 1 aromatic rings. The van der Waals surface area contributed by atoms with Crippen LogP contribution >= 0.6 is 0 Å². The van der Waals surface area contributed by atoms with Crippen molar-refractivity contribution < 1.29 is 28.7 Å². The van der Waals surface area contributed by atoms with Crippen molar-refractivity contribution in [3.8, 4) is 5.75 Å². The Morgan fingerprint density at radius 1 is 1.41 bits per heavy atom. The van der Waals surface area contributed by atoms with Crippen LogP contribution in [-0.4, -0.2) is 42.8 Å². The number of nitrogens with one attached hydrogen (secondary N) is 1. The molecule has 2 rings (SSSR count). The number of nitro benzene ring substituents is 1. The number of ether oxygens (including phenoxy) is 3. The molecule has 0 bridgehead atoms. The fourth-order valence-corrected chi connectivity index (χ4v) is 1.61. The van der Waals surface area contributed by atoms with E-state index >= 15 is 0 Å². The second-order valence-corrected chi connectivity index (χ2v) is 4.39. The third-order valence-electron chi connectivity index (χ3n) is 2.79. The summed E-state index contributed by atoms with van der Waals surface area (Å²) in [6.45, 7) is 0.314. The number of carbonyl (C=O) groups is 1. The van der Waals surface area contributed by atoms with Gasteiger partial charge in [-0.2, -0.15) is 6.41 Å². The Morgan fingerprint density at radius 3 is 2.50 bits per heavy atom. The summed E-state index contributed by atoms with van der Waals surface area (Å²) in [5.74, 6) is 0.111. The average Bonchev–Trinajstić information content (AvgIpc) is 2.42. The van der Waals surface area contributed by atoms with Crippen LogP contribution < -0.4 is 10.1 Å². The van der Waals surface area contributed by atoms with Crippen molar-refractivity contribution >= 4 is 18.3 Å². The fraction of sp³-hybridized carbons (Fsp3) is 0.333. The smallest absolute Gasteiger partial charge is 0.513 e. The molecule has 0 spiro atoms. The average molecular weight is 552 g/mol. The molecule has 1 aliphatic rings. The molecule has 22 heavy (non-hydrogen) atoms. The van der Waals surface area contributed by atoms with Gasteiger partial charge in [-0.15, -0.1) is 0 Å². The van der Waals surface area contributed by atoms with E-state index in [4.69, 9.17) is 14.2 Å². The summed E-state index contributed by atoms with van der Waals surface area (Å²) in [6.07, 6.45) is 0.541. The number of amides is 1. The van der Waals surface area contributed by atoms with Crippen LogP contribution in [-0.2, 0) is 14.3 Å². The number of nitro groups is 1. The van der Waals surface area contributed by atoms with Crippen molar-refractivity contribution in [1.82, 2.24) is 5.32 Å². The first-order chi connectivity index (χ1) is 10.0. The number of nitrogens with zero attached hydrogens (tertiary/aromatic N) is 1. The van der Waals surface area contributed by atoms with Crippen LogP contribution in [0.3, 0.4) is 0 Å². The van der Waals surface area contributed by atoms with E-state index in [1.54, 1.807) is 0 Å². The van der Waals surface area contributed by atoms with E-state index < -0.39 is 16.6 Å². The summed E-state index contributed by atoms with van der Waals surface area (Å²) in [6, 6.07) is 4.96. The molecule has 0 radical (unpaired) electrons. The summed E-state index contributed by atoms with van der Waals surface area (Å²) in [5.41, 5.74) is -0.886. The van der Waals surface area contributed by atoms with Crippen LogP contribution in [0.1, 0.15) is 0 Å². The molecule has 9 nitrogen and oxygen atoms in total. The minimum atomic E-state index is -0.983. The number of carbonyl (C=O) groups excluding carboxylic acids is 2. The second kappa shape index (κ2) is 6.66. The first-order valence-corrected chi connectivity index (χ1v) is 5.86. The largest absolute Gasteiger partial charge is 0.520 e. The van der Waals surface area contributed by atoms with Crippen molar-refractivity contribution in [2.45, 2.75) is 5.54 Å². The van der Waals surface area contributed by atoms with E-state index in [0.29, 0.717) is 0 Å². The zero-order valence-electron chi connectivity index (χ0n) is 11.0. The van der Waals surface area contributed by atoms with Gasteiger partial charge in [-0.1, -0.05) is 0 Å². The molecule has 1 aliphatic heterocycles. The number of hydrogen-bond donors (Lipinski definition) is 1. The first-order valence-electron chi connectivity index (χ1n) is 5.86. The Morgan fingerprint density at radius 2 is 2.05 bits per heavy atom. The van der Waals surface area contributed by atoms with Gasteiger partial charge >= 0.3 is 6.16 Å². The third kappa shape index (κ3) is 3.67. The van der Waals surface area contributed by atoms with Gasteiger partial charge in [0.25, 0.3) is 5.69 Å². The quantitative estimate of drug-likeness (QED) is 0.137. The van der Waals surface area contributed by atoms with Crippen LogP contribution in [0, 0.1) is 10.1 Å². The van der Waals surface area contributed by atoms with Crippen LogP contribution in [0.15, 0.2) is 24.3 Å². The molecule has 1 N–H and O–H groups in total. The summed E-state index contributed by atoms with van der Waals surface area (Å²) < 4.78 is 14.6. The maximum atomic E-state index is 11.5. The predicted molar refractivity (Wildman–Crippen MR) is 67.5 cm³/mol. The summed E-state index contributed by atoms with van der Waals surface area (Å²) in [7, 11) is 0. The van der Waals surface area contributed by atoms with Crippen molar-refractivity contribution in [1.29, 1.82) is 0 Å². The Bertz CT molecular complexity index is 545. The molecule has 1 heterocycles. The van der Waals surface area contributed by atoms with Gasteiger partial charge in [0, 0.05) is 12.1 Å². The Kier molecular flexibility index (Phi) is 4.96. The van der Waals surface area contributed by atoms with Crippen molar-refractivity contribution in [2.24, 2.45) is 0 Å². The maximum Gasteiger partial charge on any atom is 0.513 e. The van der Waals surface area contributed by atoms with Crippen molar-refractivity contribution in [2.75, 3.05) is 19.8 Å². The van der Waals surface area contributed by atoms with Crippen molar-refractivity contribution in [3.63, 3.8) is 0 Å². The standard InChI is InChI=1S/C12H11N2O7.Fm/c15-8-13-12(5-19-6-12)7-20-11(16)21-10-3-1-9(2-4-10)14(17)18;/h1-4H,5-7H2,(H,13,15);/q-1;. The third-order valence-corrected chi connectivity index (χ3v) is 2.79. The van der Waals surface area contributed by atoms with Crippen molar-refractivity contribution in [3.05, 3.63) is 34.4 Å². The van der Waals surface area contributed by atoms with E-state index in [9.17, 15) is 19.7 Å². The minimum absolute atomic E-state index is 0. The van der Waals surface area contributed by atoms with Crippen LogP contribution in [0.25, 0.3) is 0 Å². The molecule has 1 amide bonds. The molecule has 0 unspecified atom stereocenters. The van der Waals surface area contributed by atoms with Gasteiger partial charge in [-0.25, -0.2) is 4.79 Å². The van der Waals surface area contributed by atoms with Crippen LogP contribution in [0.4, 0.5) is 10.5 Å². The summed E-state index contributed by atoms with van der Waals surface area (Å²) in [4.78, 5) is 31.7. The van der Waals surface area contributed by atoms with Gasteiger partial charge in [-0.05, 0) is 12.1 Å². The van der Waals surface area contributed by atoms with E-state index in [1.807, 2.05) is 0 Å². The molecule has 124 valence electrons. The Hall–Kier alpha value is -3.68. The molecular weight excluding hydrogens is 541 g/mol. The zero-order chi connectivity index (χ0) is 15.3. The second-order valence-electron chi connectivity index (χ2n) is 4.39. The first kappa shape index (κ1) is 16.4. The molecule has 0 aromatic heterocycles. The van der Waals surface area contributed by atoms with Gasteiger partial charge in [-0.3, -0.25) is 10.1 Å². The topological polar surface area (TPSA) is 117 Å². The van der Waals surface area contributed by atoms with Gasteiger partial charge in [0.2, 0.25) is 0 Å². The van der Waals surface area contributed by atoms with E-state index in [2.05, 4.69) is 5.32 Å². The van der Waals surface area contributed by atoms with Gasteiger partial charge < -0.3 is 24.3 Å². The van der Waals surface area contributed by atoms with Crippen LogP contribution in [0.5, 0.6) is 5.75 Å². The molecule has 1 saturated heterocycles. The molecular formula is C12H11FmN2O7-. The van der Waals surface area contributed by atoms with Gasteiger partial charge in [0.15, 0.2) is 0 Å².